The number of rotatable bonds is 11. The lowest BCUT2D eigenvalue weighted by Gasteiger charge is -2.38. The molecule has 4 nitrogen and oxygen atoms in total. The van der Waals surface area contributed by atoms with Crippen LogP contribution >= 0.6 is 0 Å². The summed E-state index contributed by atoms with van der Waals surface area (Å²) < 4.78 is 18.8. The summed E-state index contributed by atoms with van der Waals surface area (Å²) in [7, 11) is -1.76. The van der Waals surface area contributed by atoms with Gasteiger partial charge in [-0.25, -0.2) is 0 Å². The van der Waals surface area contributed by atoms with E-state index in [9.17, 15) is 4.79 Å². The van der Waals surface area contributed by atoms with E-state index in [0.29, 0.717) is 13.0 Å². The highest BCUT2D eigenvalue weighted by Crippen LogP contribution is 2.37. The molecule has 0 radical (unpaired) electrons. The molecule has 0 spiro atoms. The molecule has 0 aliphatic carbocycles. The van der Waals surface area contributed by atoms with Crippen molar-refractivity contribution < 1.29 is 18.7 Å². The first-order valence-electron chi connectivity index (χ1n) is 11.7. The van der Waals surface area contributed by atoms with Crippen molar-refractivity contribution in [3.63, 3.8) is 0 Å². The van der Waals surface area contributed by atoms with Crippen molar-refractivity contribution in [3.8, 4) is 0 Å². The summed E-state index contributed by atoms with van der Waals surface area (Å²) in [4.78, 5) is 12.7. The van der Waals surface area contributed by atoms with Gasteiger partial charge in [0.15, 0.2) is 20.4 Å². The van der Waals surface area contributed by atoms with E-state index in [1.165, 1.54) is 12.8 Å². The van der Waals surface area contributed by atoms with Crippen LogP contribution in [0.15, 0.2) is 30.3 Å². The number of ketones is 1. The van der Waals surface area contributed by atoms with E-state index in [4.69, 9.17) is 13.9 Å². The number of hydrogen-bond acceptors (Lipinski definition) is 4. The minimum absolute atomic E-state index is 0.0868. The van der Waals surface area contributed by atoms with Crippen LogP contribution in [-0.2, 0) is 13.9 Å². The Balaban J connectivity index is 1.94. The number of carbonyl (C=O) groups is 1. The molecule has 0 amide bonds. The van der Waals surface area contributed by atoms with Gasteiger partial charge in [-0.15, -0.1) is 0 Å². The van der Waals surface area contributed by atoms with Crippen molar-refractivity contribution in [2.45, 2.75) is 109 Å². The van der Waals surface area contributed by atoms with Gasteiger partial charge in [-0.05, 0) is 37.4 Å². The van der Waals surface area contributed by atoms with Crippen LogP contribution in [0, 0.1) is 0 Å². The van der Waals surface area contributed by atoms with Gasteiger partial charge in [-0.1, -0.05) is 70.9 Å². The fourth-order valence-electron chi connectivity index (χ4n) is 3.49. The van der Waals surface area contributed by atoms with E-state index in [-0.39, 0.29) is 29.3 Å². The Morgan fingerprint density at radius 2 is 1.73 bits per heavy atom. The van der Waals surface area contributed by atoms with Crippen molar-refractivity contribution in [2.75, 3.05) is 6.61 Å². The highest BCUT2D eigenvalue weighted by atomic mass is 28.4. The predicted molar refractivity (Wildman–Crippen MR) is 125 cm³/mol. The Labute approximate surface area is 184 Å². The molecule has 1 heterocycles. The average molecular weight is 435 g/mol. The van der Waals surface area contributed by atoms with Crippen molar-refractivity contribution in [2.24, 2.45) is 0 Å². The Morgan fingerprint density at radius 1 is 1.07 bits per heavy atom. The second-order valence-electron chi connectivity index (χ2n) is 10.1. The smallest absolute Gasteiger partial charge is 0.191 e. The molecule has 1 fully saturated rings. The molecule has 1 aliphatic rings. The monoisotopic (exact) mass is 434 g/mol. The van der Waals surface area contributed by atoms with Gasteiger partial charge < -0.3 is 13.9 Å². The van der Waals surface area contributed by atoms with Crippen LogP contribution in [0.3, 0.4) is 0 Å². The molecule has 0 bridgehead atoms. The standard InChI is InChI=1S/C25H42O4Si/c1-7-8-10-15-24-28-21(16-17-27-30(5,6)25(2,3)4)18-22(29-24)19-23(26)20-13-11-9-12-14-20/h9,11-14,21-22,24H,7-8,10,15-19H2,1-6H3/t21-,22-,24?/m1/s1. The fraction of sp³-hybridized carbons (Fsp3) is 0.720. The highest BCUT2D eigenvalue weighted by molar-refractivity contribution is 6.74. The van der Waals surface area contributed by atoms with E-state index in [2.05, 4.69) is 40.8 Å². The van der Waals surface area contributed by atoms with Crippen molar-refractivity contribution in [1.82, 2.24) is 0 Å². The van der Waals surface area contributed by atoms with Crippen LogP contribution in [0.25, 0.3) is 0 Å². The van der Waals surface area contributed by atoms with Crippen molar-refractivity contribution >= 4 is 14.1 Å². The average Bonchev–Trinajstić information content (AvgIpc) is 2.68. The van der Waals surface area contributed by atoms with Gasteiger partial charge in [-0.2, -0.15) is 0 Å². The Kier molecular flexibility index (Phi) is 9.73. The summed E-state index contributed by atoms with van der Waals surface area (Å²) in [6, 6.07) is 9.51. The van der Waals surface area contributed by atoms with Gasteiger partial charge in [0, 0.05) is 25.0 Å². The van der Waals surface area contributed by atoms with Gasteiger partial charge in [0.05, 0.1) is 12.2 Å². The van der Waals surface area contributed by atoms with Crippen molar-refractivity contribution in [1.29, 1.82) is 0 Å². The number of carbonyl (C=O) groups excluding carboxylic acids is 1. The number of unbranched alkanes of at least 4 members (excludes halogenated alkanes) is 2. The highest BCUT2D eigenvalue weighted by Gasteiger charge is 2.37. The largest absolute Gasteiger partial charge is 0.417 e. The quantitative estimate of drug-likeness (QED) is 0.219. The number of hydrogen-bond donors (Lipinski definition) is 0. The maximum atomic E-state index is 12.7. The molecule has 5 heteroatoms. The van der Waals surface area contributed by atoms with Crippen LogP contribution in [0.2, 0.25) is 18.1 Å². The normalized spacial score (nSPS) is 22.8. The Bertz CT molecular complexity index is 638. The third-order valence-electron chi connectivity index (χ3n) is 6.48. The maximum absolute atomic E-state index is 12.7. The molecule has 1 saturated heterocycles. The summed E-state index contributed by atoms with van der Waals surface area (Å²) in [6.45, 7) is 14.3. The summed E-state index contributed by atoms with van der Waals surface area (Å²) in [5, 5.41) is 0.205. The molecule has 3 atom stereocenters. The Morgan fingerprint density at radius 3 is 2.37 bits per heavy atom. The molecular weight excluding hydrogens is 392 g/mol. The van der Waals surface area contributed by atoms with E-state index >= 15 is 0 Å². The zero-order valence-corrected chi connectivity index (χ0v) is 20.9. The molecule has 1 aliphatic heterocycles. The number of ether oxygens (including phenoxy) is 2. The molecule has 1 aromatic rings. The van der Waals surface area contributed by atoms with Gasteiger partial charge in [0.1, 0.15) is 0 Å². The first-order valence-corrected chi connectivity index (χ1v) is 14.6. The topological polar surface area (TPSA) is 44.8 Å². The van der Waals surface area contributed by atoms with Crippen LogP contribution < -0.4 is 0 Å². The second-order valence-corrected chi connectivity index (χ2v) is 14.9. The van der Waals surface area contributed by atoms with Crippen LogP contribution in [0.1, 0.15) is 83.0 Å². The van der Waals surface area contributed by atoms with Crippen LogP contribution in [0.5, 0.6) is 0 Å². The first-order chi connectivity index (χ1) is 14.1. The summed E-state index contributed by atoms with van der Waals surface area (Å²) >= 11 is 0. The lowest BCUT2D eigenvalue weighted by molar-refractivity contribution is -0.245. The number of Topliss-reactive ketones (excluding diaryl/α,β-unsaturated/α-hetero) is 1. The lowest BCUT2D eigenvalue weighted by Crippen LogP contribution is -2.43. The summed E-state index contributed by atoms with van der Waals surface area (Å²) in [5.41, 5.74) is 0.757. The number of benzene rings is 1. The van der Waals surface area contributed by atoms with E-state index in [1.54, 1.807) is 0 Å². The fourth-order valence-corrected chi connectivity index (χ4v) is 4.55. The molecule has 0 N–H and O–H groups in total. The van der Waals surface area contributed by atoms with Gasteiger partial charge in [0.25, 0.3) is 0 Å². The van der Waals surface area contributed by atoms with Crippen LogP contribution in [-0.4, -0.2) is 39.2 Å². The van der Waals surface area contributed by atoms with E-state index < -0.39 is 8.32 Å². The molecular formula is C25H42O4Si. The van der Waals surface area contributed by atoms with E-state index in [0.717, 1.165) is 31.2 Å². The molecule has 1 aromatic carbocycles. The second kappa shape index (κ2) is 11.6. The molecule has 30 heavy (non-hydrogen) atoms. The summed E-state index contributed by atoms with van der Waals surface area (Å²) in [6.07, 6.45) is 6.15. The predicted octanol–water partition coefficient (Wildman–Crippen LogP) is 6.75. The zero-order valence-electron chi connectivity index (χ0n) is 19.9. The third-order valence-corrected chi connectivity index (χ3v) is 11.0. The molecule has 0 aromatic heterocycles. The first kappa shape index (κ1) is 25.2. The zero-order chi connectivity index (χ0) is 22.2. The van der Waals surface area contributed by atoms with E-state index in [1.807, 2.05) is 30.3 Å². The summed E-state index contributed by atoms with van der Waals surface area (Å²) in [5.74, 6) is 0.145. The minimum atomic E-state index is -1.76. The van der Waals surface area contributed by atoms with Crippen molar-refractivity contribution in [3.05, 3.63) is 35.9 Å². The SMILES string of the molecule is CCCCCC1O[C@H](CCO[Si](C)(C)C(C)(C)C)C[C@H](CC(=O)c2ccccc2)O1. The van der Waals surface area contributed by atoms with Gasteiger partial charge in [0.2, 0.25) is 0 Å². The van der Waals surface area contributed by atoms with Gasteiger partial charge >= 0.3 is 0 Å². The lowest BCUT2D eigenvalue weighted by atomic mass is 9.99. The third kappa shape index (κ3) is 7.91. The molecule has 2 rings (SSSR count). The molecule has 170 valence electrons. The van der Waals surface area contributed by atoms with Gasteiger partial charge in [-0.3, -0.25) is 4.79 Å². The Hall–Kier alpha value is -1.01. The maximum Gasteiger partial charge on any atom is 0.191 e. The molecule has 1 unspecified atom stereocenters. The van der Waals surface area contributed by atoms with Crippen LogP contribution in [0.4, 0.5) is 0 Å². The molecule has 0 saturated carbocycles. The minimum Gasteiger partial charge on any atom is -0.417 e.